The highest BCUT2D eigenvalue weighted by atomic mass is 35.5. The number of carbonyl (C=O) groups excluding carboxylic acids is 2. The molecule has 4 aromatic carbocycles. The molecule has 4 rings (SSSR count). The van der Waals surface area contributed by atoms with Crippen LogP contribution in [0, 0.1) is 6.92 Å². The lowest BCUT2D eigenvalue weighted by molar-refractivity contribution is -0.140. The summed E-state index contributed by atoms with van der Waals surface area (Å²) in [5.41, 5.74) is 2.37. The molecule has 0 aliphatic rings. The van der Waals surface area contributed by atoms with E-state index < -0.39 is 28.5 Å². The lowest BCUT2D eigenvalue weighted by Gasteiger charge is -2.34. The Bertz CT molecular complexity index is 1730. The van der Waals surface area contributed by atoms with E-state index >= 15 is 0 Å². The Kier molecular flexibility index (Phi) is 11.5. The molecule has 0 saturated heterocycles. The first-order valence-electron chi connectivity index (χ1n) is 14.3. The quantitative estimate of drug-likeness (QED) is 0.181. The third kappa shape index (κ3) is 8.36. The van der Waals surface area contributed by atoms with E-state index in [0.29, 0.717) is 17.1 Å². The summed E-state index contributed by atoms with van der Waals surface area (Å²) < 4.78 is 35.0. The van der Waals surface area contributed by atoms with Crippen molar-refractivity contribution in [1.82, 2.24) is 10.2 Å². The Balaban J connectivity index is 1.85. The van der Waals surface area contributed by atoms with Crippen LogP contribution in [-0.4, -0.2) is 51.4 Å². The molecule has 0 heterocycles. The molecule has 0 aliphatic carbocycles. The molecule has 236 valence electrons. The van der Waals surface area contributed by atoms with Crippen LogP contribution in [0.15, 0.2) is 102 Å². The highest BCUT2D eigenvalue weighted by Crippen LogP contribution is 2.35. The second-order valence-corrected chi connectivity index (χ2v) is 13.1. The van der Waals surface area contributed by atoms with Crippen molar-refractivity contribution in [3.63, 3.8) is 0 Å². The number of carbonyl (C=O) groups is 2. The summed E-state index contributed by atoms with van der Waals surface area (Å²) in [7, 11) is -2.92. The van der Waals surface area contributed by atoms with Crippen LogP contribution in [0.5, 0.6) is 5.75 Å². The van der Waals surface area contributed by atoms with Gasteiger partial charge >= 0.3 is 0 Å². The average Bonchev–Trinajstić information content (AvgIpc) is 3.03. The summed E-state index contributed by atoms with van der Waals surface area (Å²) in [5.74, 6) is -0.806. The lowest BCUT2D eigenvalue weighted by Crippen LogP contribution is -2.53. The number of rotatable bonds is 13. The van der Waals surface area contributed by atoms with E-state index in [2.05, 4.69) is 5.32 Å². The van der Waals surface area contributed by atoms with Gasteiger partial charge in [0.1, 0.15) is 18.3 Å². The molecular weight excluding hydrogens is 633 g/mol. The predicted molar refractivity (Wildman–Crippen MR) is 178 cm³/mol. The van der Waals surface area contributed by atoms with Crippen molar-refractivity contribution >= 4 is 50.7 Å². The Hall–Kier alpha value is -4.05. The van der Waals surface area contributed by atoms with Gasteiger partial charge in [-0.2, -0.15) is 0 Å². The zero-order valence-electron chi connectivity index (χ0n) is 25.2. The predicted octanol–water partition coefficient (Wildman–Crippen LogP) is 6.28. The normalized spacial score (nSPS) is 11.8. The topological polar surface area (TPSA) is 96.0 Å². The van der Waals surface area contributed by atoms with Gasteiger partial charge in [0, 0.05) is 29.6 Å². The van der Waals surface area contributed by atoms with Crippen molar-refractivity contribution in [3.8, 4) is 5.75 Å². The van der Waals surface area contributed by atoms with Crippen molar-refractivity contribution in [1.29, 1.82) is 0 Å². The zero-order valence-corrected chi connectivity index (χ0v) is 27.6. The Morgan fingerprint density at radius 2 is 1.58 bits per heavy atom. The van der Waals surface area contributed by atoms with E-state index in [-0.39, 0.29) is 40.2 Å². The van der Waals surface area contributed by atoms with Crippen LogP contribution in [0.25, 0.3) is 0 Å². The van der Waals surface area contributed by atoms with E-state index in [4.69, 9.17) is 27.9 Å². The number of methoxy groups -OCH3 is 1. The molecule has 8 nitrogen and oxygen atoms in total. The van der Waals surface area contributed by atoms with Gasteiger partial charge in [-0.3, -0.25) is 13.9 Å². The number of likely N-dealkylation sites (N-methyl/N-ethyl adjacent to an activating group) is 1. The van der Waals surface area contributed by atoms with E-state index in [9.17, 15) is 18.0 Å². The van der Waals surface area contributed by atoms with Crippen LogP contribution in [0.4, 0.5) is 5.69 Å². The summed E-state index contributed by atoms with van der Waals surface area (Å²) >= 11 is 12.9. The first kappa shape index (κ1) is 33.8. The summed E-state index contributed by atoms with van der Waals surface area (Å²) in [4.78, 5) is 29.5. The SMILES string of the molecule is CCNC(=O)[C@@H](Cc1ccccc1)N(Cc1ccccc1Cl)C(=O)CN(c1cc(Cl)ccc1OC)S(=O)(=O)c1ccc(C)cc1. The minimum Gasteiger partial charge on any atom is -0.495 e. The number of sulfonamides is 1. The number of ether oxygens (including phenoxy) is 1. The van der Waals surface area contributed by atoms with Crippen LogP contribution in [0.1, 0.15) is 23.6 Å². The third-order valence-corrected chi connectivity index (χ3v) is 9.60. The molecule has 0 fully saturated rings. The van der Waals surface area contributed by atoms with Crippen LogP contribution in [0.3, 0.4) is 0 Å². The first-order valence-corrected chi connectivity index (χ1v) is 16.5. The maximum Gasteiger partial charge on any atom is 0.264 e. The molecule has 2 amide bonds. The van der Waals surface area contributed by atoms with Gasteiger partial charge in [-0.15, -0.1) is 0 Å². The van der Waals surface area contributed by atoms with Gasteiger partial charge in [-0.05, 0) is 61.4 Å². The molecule has 0 unspecified atom stereocenters. The Labute approximate surface area is 274 Å². The van der Waals surface area contributed by atoms with E-state index in [1.165, 1.54) is 36.3 Å². The van der Waals surface area contributed by atoms with Gasteiger partial charge < -0.3 is 15.0 Å². The van der Waals surface area contributed by atoms with Crippen molar-refractivity contribution in [3.05, 3.63) is 124 Å². The number of hydrogen-bond acceptors (Lipinski definition) is 5. The molecule has 0 aromatic heterocycles. The van der Waals surface area contributed by atoms with Gasteiger partial charge in [0.05, 0.1) is 17.7 Å². The maximum atomic E-state index is 14.5. The largest absolute Gasteiger partial charge is 0.495 e. The van der Waals surface area contributed by atoms with Crippen molar-refractivity contribution in [2.45, 2.75) is 37.8 Å². The van der Waals surface area contributed by atoms with Gasteiger partial charge in [-0.1, -0.05) is 89.4 Å². The molecule has 0 radical (unpaired) electrons. The minimum atomic E-state index is -4.32. The van der Waals surface area contributed by atoms with Crippen LogP contribution in [-0.2, 0) is 32.6 Å². The fraction of sp³-hybridized carbons (Fsp3) is 0.235. The molecule has 0 aliphatic heterocycles. The molecule has 11 heteroatoms. The number of halogens is 2. The van der Waals surface area contributed by atoms with Crippen LogP contribution in [0.2, 0.25) is 10.0 Å². The highest BCUT2D eigenvalue weighted by molar-refractivity contribution is 7.92. The summed E-state index contributed by atoms with van der Waals surface area (Å²) in [6.45, 7) is 3.28. The molecule has 0 spiro atoms. The number of nitrogens with zero attached hydrogens (tertiary/aromatic N) is 2. The van der Waals surface area contributed by atoms with Gasteiger partial charge in [0.15, 0.2) is 0 Å². The lowest BCUT2D eigenvalue weighted by atomic mass is 10.0. The molecular formula is C34H35Cl2N3O5S. The summed E-state index contributed by atoms with van der Waals surface area (Å²) in [6.07, 6.45) is 0.189. The van der Waals surface area contributed by atoms with E-state index in [0.717, 1.165) is 15.4 Å². The molecule has 4 aromatic rings. The molecule has 1 atom stereocenters. The van der Waals surface area contributed by atoms with Gasteiger partial charge in [-0.25, -0.2) is 8.42 Å². The molecule has 45 heavy (non-hydrogen) atoms. The zero-order chi connectivity index (χ0) is 32.6. The summed E-state index contributed by atoms with van der Waals surface area (Å²) in [6, 6.07) is 26.2. The van der Waals surface area contributed by atoms with Crippen LogP contribution >= 0.6 is 23.2 Å². The van der Waals surface area contributed by atoms with Crippen molar-refractivity contribution < 1.29 is 22.7 Å². The number of hydrogen-bond donors (Lipinski definition) is 1. The summed E-state index contributed by atoms with van der Waals surface area (Å²) in [5, 5.41) is 3.50. The van der Waals surface area contributed by atoms with Crippen molar-refractivity contribution in [2.75, 3.05) is 24.5 Å². The second kappa shape index (κ2) is 15.3. The van der Waals surface area contributed by atoms with Crippen LogP contribution < -0.4 is 14.4 Å². The number of aryl methyl sites for hydroxylation is 1. The van der Waals surface area contributed by atoms with E-state index in [1.807, 2.05) is 37.3 Å². The van der Waals surface area contributed by atoms with Gasteiger partial charge in [0.2, 0.25) is 11.8 Å². The monoisotopic (exact) mass is 667 g/mol. The Morgan fingerprint density at radius 3 is 2.22 bits per heavy atom. The standard InChI is InChI=1S/C34H35Cl2N3O5S/c1-4-37-34(41)31(20-25-10-6-5-7-11-25)38(22-26-12-8-9-13-29(26)36)33(40)23-39(30-21-27(35)16-19-32(30)44-3)45(42,43)28-17-14-24(2)15-18-28/h5-19,21,31H,4,20,22-23H2,1-3H3,(H,37,41)/t31-/m1/s1. The Morgan fingerprint density at radius 1 is 0.911 bits per heavy atom. The molecule has 0 bridgehead atoms. The fourth-order valence-corrected chi connectivity index (χ4v) is 6.64. The minimum absolute atomic E-state index is 0.0230. The second-order valence-electron chi connectivity index (χ2n) is 10.4. The number of benzene rings is 4. The first-order chi connectivity index (χ1) is 21.5. The molecule has 1 N–H and O–H groups in total. The molecule has 0 saturated carbocycles. The van der Waals surface area contributed by atoms with Gasteiger partial charge in [0.25, 0.3) is 10.0 Å². The highest BCUT2D eigenvalue weighted by Gasteiger charge is 2.35. The number of amides is 2. The smallest absolute Gasteiger partial charge is 0.264 e. The fourth-order valence-electron chi connectivity index (χ4n) is 4.86. The number of nitrogens with one attached hydrogen (secondary N) is 1. The average molecular weight is 669 g/mol. The number of anilines is 1. The maximum absolute atomic E-state index is 14.5. The van der Waals surface area contributed by atoms with E-state index in [1.54, 1.807) is 49.4 Å². The van der Waals surface area contributed by atoms with Crippen molar-refractivity contribution in [2.24, 2.45) is 0 Å². The third-order valence-electron chi connectivity index (χ3n) is 7.22.